The van der Waals surface area contributed by atoms with Crippen molar-refractivity contribution in [1.29, 1.82) is 5.26 Å². The molecule has 94 valence electrons. The molecule has 0 heterocycles. The molecule has 2 aliphatic rings. The van der Waals surface area contributed by atoms with Crippen LogP contribution < -0.4 is 0 Å². The molecule has 1 aromatic rings. The smallest absolute Gasteiger partial charge is 0.0839 e. The molecule has 1 atom stereocenters. The van der Waals surface area contributed by atoms with Crippen molar-refractivity contribution in [2.24, 2.45) is 5.92 Å². The van der Waals surface area contributed by atoms with Crippen LogP contribution >= 0.6 is 0 Å². The molecular formula is C16H20N2. The van der Waals surface area contributed by atoms with E-state index >= 15 is 0 Å². The first-order chi connectivity index (χ1) is 8.86. The molecule has 3 rings (SSSR count). The first-order valence-corrected chi connectivity index (χ1v) is 7.05. The third kappa shape index (κ3) is 2.91. The Balaban J connectivity index is 1.66. The van der Waals surface area contributed by atoms with Crippen LogP contribution in [0.25, 0.3) is 0 Å². The van der Waals surface area contributed by atoms with Gasteiger partial charge in [0.2, 0.25) is 0 Å². The Kier molecular flexibility index (Phi) is 3.34. The van der Waals surface area contributed by atoms with Crippen LogP contribution in [-0.4, -0.2) is 24.0 Å². The van der Waals surface area contributed by atoms with Crippen molar-refractivity contribution >= 4 is 0 Å². The molecule has 0 bridgehead atoms. The van der Waals surface area contributed by atoms with Gasteiger partial charge in [0.25, 0.3) is 0 Å². The fourth-order valence-electron chi connectivity index (χ4n) is 2.59. The van der Waals surface area contributed by atoms with E-state index in [9.17, 15) is 5.26 Å². The van der Waals surface area contributed by atoms with Gasteiger partial charge in [-0.15, -0.1) is 0 Å². The zero-order chi connectivity index (χ0) is 12.4. The SMILES string of the molecule is N#CC(CN(CC1CC1)C1CC1)c1ccccc1. The van der Waals surface area contributed by atoms with E-state index in [-0.39, 0.29) is 5.92 Å². The summed E-state index contributed by atoms with van der Waals surface area (Å²) in [7, 11) is 0. The summed E-state index contributed by atoms with van der Waals surface area (Å²) in [6.07, 6.45) is 5.46. The first-order valence-electron chi connectivity index (χ1n) is 7.05. The minimum Gasteiger partial charge on any atom is -0.298 e. The molecule has 1 unspecified atom stereocenters. The number of nitriles is 1. The summed E-state index contributed by atoms with van der Waals surface area (Å²) in [6.45, 7) is 2.14. The van der Waals surface area contributed by atoms with Gasteiger partial charge in [-0.25, -0.2) is 0 Å². The van der Waals surface area contributed by atoms with Gasteiger partial charge in [0, 0.05) is 19.1 Å². The van der Waals surface area contributed by atoms with Crippen LogP contribution in [-0.2, 0) is 0 Å². The molecule has 0 radical (unpaired) electrons. The van der Waals surface area contributed by atoms with Crippen LogP contribution in [0.1, 0.15) is 37.2 Å². The minimum absolute atomic E-state index is 0.0329. The summed E-state index contributed by atoms with van der Waals surface area (Å²) in [4.78, 5) is 2.57. The molecule has 0 saturated heterocycles. The molecule has 1 aromatic carbocycles. The standard InChI is InChI=1S/C16H20N2/c17-10-15(14-4-2-1-3-5-14)12-18(16-8-9-16)11-13-6-7-13/h1-5,13,15-16H,6-9,11-12H2. The Bertz CT molecular complexity index is 426. The van der Waals surface area contributed by atoms with Crippen molar-refractivity contribution < 1.29 is 0 Å². The maximum Gasteiger partial charge on any atom is 0.0839 e. The second kappa shape index (κ2) is 5.12. The Hall–Kier alpha value is -1.33. The van der Waals surface area contributed by atoms with Gasteiger partial charge in [0.15, 0.2) is 0 Å². The highest BCUT2D eigenvalue weighted by Gasteiger charge is 2.34. The molecular weight excluding hydrogens is 220 g/mol. The van der Waals surface area contributed by atoms with Crippen LogP contribution in [0.5, 0.6) is 0 Å². The lowest BCUT2D eigenvalue weighted by Gasteiger charge is -2.24. The van der Waals surface area contributed by atoms with Gasteiger partial charge >= 0.3 is 0 Å². The molecule has 2 heteroatoms. The highest BCUT2D eigenvalue weighted by Crippen LogP contribution is 2.35. The molecule has 2 saturated carbocycles. The predicted molar refractivity (Wildman–Crippen MR) is 72.1 cm³/mol. The Morgan fingerprint density at radius 1 is 1.17 bits per heavy atom. The maximum absolute atomic E-state index is 9.40. The van der Waals surface area contributed by atoms with Crippen molar-refractivity contribution in [3.05, 3.63) is 35.9 Å². The Morgan fingerprint density at radius 3 is 2.44 bits per heavy atom. The number of benzene rings is 1. The van der Waals surface area contributed by atoms with Crippen LogP contribution in [0.3, 0.4) is 0 Å². The molecule has 2 aliphatic carbocycles. The van der Waals surface area contributed by atoms with Gasteiger partial charge in [-0.1, -0.05) is 30.3 Å². The van der Waals surface area contributed by atoms with Gasteiger partial charge in [-0.05, 0) is 37.2 Å². The fourth-order valence-corrected chi connectivity index (χ4v) is 2.59. The second-order valence-electron chi connectivity index (χ2n) is 5.72. The second-order valence-corrected chi connectivity index (χ2v) is 5.72. The van der Waals surface area contributed by atoms with Crippen LogP contribution in [0.15, 0.2) is 30.3 Å². The first kappa shape index (κ1) is 11.7. The van der Waals surface area contributed by atoms with E-state index in [1.165, 1.54) is 37.8 Å². The van der Waals surface area contributed by atoms with Crippen molar-refractivity contribution in [3.63, 3.8) is 0 Å². The Labute approximate surface area is 109 Å². The van der Waals surface area contributed by atoms with Gasteiger partial charge in [0.05, 0.1) is 12.0 Å². The summed E-state index contributed by atoms with van der Waals surface area (Å²) in [6, 6.07) is 13.5. The zero-order valence-electron chi connectivity index (χ0n) is 10.8. The summed E-state index contributed by atoms with van der Waals surface area (Å²) in [5.74, 6) is 0.950. The number of hydrogen-bond donors (Lipinski definition) is 0. The highest BCUT2D eigenvalue weighted by molar-refractivity contribution is 5.25. The van der Waals surface area contributed by atoms with Crippen molar-refractivity contribution in [2.75, 3.05) is 13.1 Å². The highest BCUT2D eigenvalue weighted by atomic mass is 15.2. The van der Waals surface area contributed by atoms with E-state index in [2.05, 4.69) is 23.1 Å². The largest absolute Gasteiger partial charge is 0.298 e. The van der Waals surface area contributed by atoms with Crippen molar-refractivity contribution in [3.8, 4) is 6.07 Å². The molecule has 18 heavy (non-hydrogen) atoms. The maximum atomic E-state index is 9.40. The Morgan fingerprint density at radius 2 is 1.89 bits per heavy atom. The molecule has 0 spiro atoms. The van der Waals surface area contributed by atoms with Gasteiger partial charge < -0.3 is 0 Å². The average Bonchev–Trinajstić information content (AvgIpc) is 3.28. The zero-order valence-corrected chi connectivity index (χ0v) is 10.8. The van der Waals surface area contributed by atoms with E-state index in [0.717, 1.165) is 18.5 Å². The summed E-state index contributed by atoms with van der Waals surface area (Å²) in [5, 5.41) is 9.40. The number of rotatable bonds is 6. The summed E-state index contributed by atoms with van der Waals surface area (Å²) >= 11 is 0. The van der Waals surface area contributed by atoms with E-state index < -0.39 is 0 Å². The molecule has 0 aliphatic heterocycles. The monoisotopic (exact) mass is 240 g/mol. The van der Waals surface area contributed by atoms with E-state index in [0.29, 0.717) is 0 Å². The minimum atomic E-state index is 0.0329. The number of hydrogen-bond acceptors (Lipinski definition) is 2. The fraction of sp³-hybridized carbons (Fsp3) is 0.562. The molecule has 0 amide bonds. The quantitative estimate of drug-likeness (QED) is 0.763. The molecule has 2 fully saturated rings. The predicted octanol–water partition coefficient (Wildman–Crippen LogP) is 3.17. The van der Waals surface area contributed by atoms with Crippen molar-refractivity contribution in [1.82, 2.24) is 4.90 Å². The van der Waals surface area contributed by atoms with Gasteiger partial charge in [-0.3, -0.25) is 4.90 Å². The van der Waals surface area contributed by atoms with Gasteiger partial charge in [0.1, 0.15) is 0 Å². The lowest BCUT2D eigenvalue weighted by atomic mass is 10.00. The lowest BCUT2D eigenvalue weighted by molar-refractivity contribution is 0.248. The molecule has 0 N–H and O–H groups in total. The molecule has 2 nitrogen and oxygen atoms in total. The summed E-state index contributed by atoms with van der Waals surface area (Å²) < 4.78 is 0. The third-order valence-electron chi connectivity index (χ3n) is 4.03. The normalized spacial score (nSPS) is 20.7. The van der Waals surface area contributed by atoms with Gasteiger partial charge in [-0.2, -0.15) is 5.26 Å². The topological polar surface area (TPSA) is 27.0 Å². The van der Waals surface area contributed by atoms with Crippen molar-refractivity contribution in [2.45, 2.75) is 37.6 Å². The number of nitrogens with zero attached hydrogens (tertiary/aromatic N) is 2. The summed E-state index contributed by atoms with van der Waals surface area (Å²) in [5.41, 5.74) is 1.17. The lowest BCUT2D eigenvalue weighted by Crippen LogP contribution is -2.32. The van der Waals surface area contributed by atoms with E-state index in [1.54, 1.807) is 0 Å². The molecule has 0 aromatic heterocycles. The average molecular weight is 240 g/mol. The van der Waals surface area contributed by atoms with Crippen LogP contribution in [0.4, 0.5) is 0 Å². The van der Waals surface area contributed by atoms with Crippen LogP contribution in [0.2, 0.25) is 0 Å². The van der Waals surface area contributed by atoms with E-state index in [1.807, 2.05) is 18.2 Å². The van der Waals surface area contributed by atoms with Crippen LogP contribution in [0, 0.1) is 17.2 Å². The third-order valence-corrected chi connectivity index (χ3v) is 4.03. The van der Waals surface area contributed by atoms with E-state index in [4.69, 9.17) is 0 Å².